The maximum Gasteiger partial charge on any atom is 0.240 e. The molecule has 1 heterocycles. The summed E-state index contributed by atoms with van der Waals surface area (Å²) >= 11 is 0. The highest BCUT2D eigenvalue weighted by Crippen LogP contribution is 2.25. The number of likely N-dealkylation sites (tertiary alicyclic amines) is 1. The molecule has 9 heteroatoms. The molecule has 0 spiro atoms. The number of rotatable bonds is 7. The third-order valence-electron chi connectivity index (χ3n) is 4.70. The Hall–Kier alpha value is -1.78. The van der Waals surface area contributed by atoms with Crippen molar-refractivity contribution in [2.75, 3.05) is 19.6 Å². The highest BCUT2D eigenvalue weighted by Gasteiger charge is 2.25. The normalized spacial score (nSPS) is 17.1. The third kappa shape index (κ3) is 4.94. The van der Waals surface area contributed by atoms with Gasteiger partial charge in [0, 0.05) is 12.6 Å². The molecule has 1 saturated heterocycles. The molecule has 27 heavy (non-hydrogen) atoms. The lowest BCUT2D eigenvalue weighted by atomic mass is 10.1. The van der Waals surface area contributed by atoms with Gasteiger partial charge in [0.05, 0.1) is 9.79 Å². The van der Waals surface area contributed by atoms with Crippen LogP contribution in [0.25, 0.3) is 0 Å². The molecule has 1 aliphatic heterocycles. The summed E-state index contributed by atoms with van der Waals surface area (Å²) in [6, 6.07) is 14.6. The second-order valence-corrected chi connectivity index (χ2v) is 9.87. The maximum atomic E-state index is 12.6. The summed E-state index contributed by atoms with van der Waals surface area (Å²) in [5.74, 6) is 0. The van der Waals surface area contributed by atoms with Gasteiger partial charge in [-0.05, 0) is 55.8 Å². The topological polar surface area (TPSA) is 110 Å². The number of hydrogen-bond acceptors (Lipinski definition) is 5. The number of benzene rings is 2. The van der Waals surface area contributed by atoms with Gasteiger partial charge in [-0.3, -0.25) is 4.90 Å². The zero-order chi connectivity index (χ0) is 19.5. The van der Waals surface area contributed by atoms with Crippen molar-refractivity contribution in [2.24, 2.45) is 5.14 Å². The van der Waals surface area contributed by atoms with Gasteiger partial charge in [-0.1, -0.05) is 30.3 Å². The number of sulfonamides is 2. The number of nitrogens with two attached hydrogens (primary N) is 1. The smallest absolute Gasteiger partial charge is 0.240 e. The largest absolute Gasteiger partial charge is 0.295 e. The van der Waals surface area contributed by atoms with Crippen molar-refractivity contribution in [3.05, 3.63) is 60.2 Å². The summed E-state index contributed by atoms with van der Waals surface area (Å²) < 4.78 is 50.6. The van der Waals surface area contributed by atoms with Crippen molar-refractivity contribution in [3.8, 4) is 0 Å². The van der Waals surface area contributed by atoms with E-state index in [-0.39, 0.29) is 22.4 Å². The molecule has 146 valence electrons. The van der Waals surface area contributed by atoms with Gasteiger partial charge >= 0.3 is 0 Å². The lowest BCUT2D eigenvalue weighted by molar-refractivity contribution is 0.246. The first-order valence-corrected chi connectivity index (χ1v) is 11.7. The van der Waals surface area contributed by atoms with E-state index in [0.29, 0.717) is 0 Å². The van der Waals surface area contributed by atoms with Crippen molar-refractivity contribution in [1.29, 1.82) is 0 Å². The van der Waals surface area contributed by atoms with Crippen LogP contribution in [-0.2, 0) is 20.0 Å². The van der Waals surface area contributed by atoms with E-state index < -0.39 is 20.0 Å². The number of nitrogens with one attached hydrogen (secondary N) is 1. The molecule has 0 amide bonds. The van der Waals surface area contributed by atoms with Crippen LogP contribution >= 0.6 is 0 Å². The Morgan fingerprint density at radius 1 is 0.889 bits per heavy atom. The molecule has 3 rings (SSSR count). The minimum atomic E-state index is -3.86. The first-order valence-electron chi connectivity index (χ1n) is 8.69. The van der Waals surface area contributed by atoms with Crippen LogP contribution in [0.3, 0.4) is 0 Å². The standard InChI is InChI=1S/C18H23N3O4S2/c19-26(22,23)16-8-10-17(11-9-16)27(24,25)20-14-18(21-12-4-5-13-21)15-6-2-1-3-7-15/h1-3,6-11,18,20H,4-5,12-14H2,(H2,19,22,23). The van der Waals surface area contributed by atoms with E-state index in [4.69, 9.17) is 5.14 Å². The fourth-order valence-corrected chi connectivity index (χ4v) is 4.82. The van der Waals surface area contributed by atoms with Crippen LogP contribution in [0.5, 0.6) is 0 Å². The van der Waals surface area contributed by atoms with Crippen LogP contribution in [0.1, 0.15) is 24.4 Å². The molecule has 0 saturated carbocycles. The van der Waals surface area contributed by atoms with Crippen molar-refractivity contribution >= 4 is 20.0 Å². The van der Waals surface area contributed by atoms with Gasteiger partial charge in [-0.15, -0.1) is 0 Å². The molecule has 0 aromatic heterocycles. The van der Waals surface area contributed by atoms with Crippen LogP contribution in [0, 0.1) is 0 Å². The highest BCUT2D eigenvalue weighted by atomic mass is 32.2. The SMILES string of the molecule is NS(=O)(=O)c1ccc(S(=O)(=O)NCC(c2ccccc2)N2CCCC2)cc1. The van der Waals surface area contributed by atoms with E-state index in [1.165, 1.54) is 24.3 Å². The Kier molecular flexibility index (Phi) is 5.97. The van der Waals surface area contributed by atoms with Gasteiger partial charge in [0.25, 0.3) is 0 Å². The Morgan fingerprint density at radius 2 is 1.44 bits per heavy atom. The number of nitrogens with zero attached hydrogens (tertiary/aromatic N) is 1. The van der Waals surface area contributed by atoms with Gasteiger partial charge in [0.1, 0.15) is 0 Å². The molecule has 7 nitrogen and oxygen atoms in total. The van der Waals surface area contributed by atoms with Gasteiger partial charge in [-0.2, -0.15) is 0 Å². The van der Waals surface area contributed by atoms with Crippen molar-refractivity contribution in [1.82, 2.24) is 9.62 Å². The molecule has 2 aromatic rings. The summed E-state index contributed by atoms with van der Waals surface area (Å²) in [6.45, 7) is 2.11. The monoisotopic (exact) mass is 409 g/mol. The van der Waals surface area contributed by atoms with Crippen molar-refractivity contribution < 1.29 is 16.8 Å². The van der Waals surface area contributed by atoms with E-state index in [9.17, 15) is 16.8 Å². The summed E-state index contributed by atoms with van der Waals surface area (Å²) in [5.41, 5.74) is 1.06. The van der Waals surface area contributed by atoms with E-state index in [1.807, 2.05) is 30.3 Å². The molecule has 1 atom stereocenters. The minimum absolute atomic E-state index is 0.00290. The molecular weight excluding hydrogens is 386 g/mol. The first-order chi connectivity index (χ1) is 12.8. The molecule has 1 fully saturated rings. The van der Waals surface area contributed by atoms with Crippen LogP contribution in [0.2, 0.25) is 0 Å². The maximum absolute atomic E-state index is 12.6. The van der Waals surface area contributed by atoms with Crippen molar-refractivity contribution in [2.45, 2.75) is 28.7 Å². The zero-order valence-corrected chi connectivity index (χ0v) is 16.4. The van der Waals surface area contributed by atoms with E-state index in [1.54, 1.807) is 0 Å². The Balaban J connectivity index is 1.77. The van der Waals surface area contributed by atoms with Gasteiger partial charge in [0.2, 0.25) is 20.0 Å². The molecule has 1 unspecified atom stereocenters. The minimum Gasteiger partial charge on any atom is -0.295 e. The summed E-state index contributed by atoms with van der Waals surface area (Å²) in [4.78, 5) is 2.16. The fourth-order valence-electron chi connectivity index (χ4n) is 3.27. The molecule has 0 radical (unpaired) electrons. The van der Waals surface area contributed by atoms with Crippen LogP contribution < -0.4 is 9.86 Å². The van der Waals surface area contributed by atoms with Crippen LogP contribution in [0.4, 0.5) is 0 Å². The number of hydrogen-bond donors (Lipinski definition) is 2. The second-order valence-electron chi connectivity index (χ2n) is 6.54. The quantitative estimate of drug-likeness (QED) is 0.719. The lowest BCUT2D eigenvalue weighted by Gasteiger charge is -2.28. The Bertz CT molecular complexity index is 969. The van der Waals surface area contributed by atoms with Crippen molar-refractivity contribution in [3.63, 3.8) is 0 Å². The Labute approximate surface area is 160 Å². The predicted molar refractivity (Wildman–Crippen MR) is 103 cm³/mol. The van der Waals surface area contributed by atoms with Crippen LogP contribution in [0.15, 0.2) is 64.4 Å². The summed E-state index contributed by atoms with van der Waals surface area (Å²) in [5, 5.41) is 5.05. The summed E-state index contributed by atoms with van der Waals surface area (Å²) in [7, 11) is -7.63. The fraction of sp³-hybridized carbons (Fsp3) is 0.333. The molecule has 2 aromatic carbocycles. The van der Waals surface area contributed by atoms with E-state index in [0.717, 1.165) is 31.5 Å². The van der Waals surface area contributed by atoms with Gasteiger partial charge < -0.3 is 0 Å². The highest BCUT2D eigenvalue weighted by molar-refractivity contribution is 7.89. The van der Waals surface area contributed by atoms with Crippen LogP contribution in [-0.4, -0.2) is 41.4 Å². The lowest BCUT2D eigenvalue weighted by Crippen LogP contribution is -2.36. The number of primary sulfonamides is 1. The molecule has 1 aliphatic rings. The Morgan fingerprint density at radius 3 is 2.00 bits per heavy atom. The predicted octanol–water partition coefficient (Wildman–Crippen LogP) is 1.45. The molecule has 3 N–H and O–H groups in total. The molecule has 0 aliphatic carbocycles. The average molecular weight is 410 g/mol. The first kappa shape index (κ1) is 20.0. The van der Waals surface area contributed by atoms with Gasteiger partial charge in [-0.25, -0.2) is 26.7 Å². The summed E-state index contributed by atoms with van der Waals surface area (Å²) in [6.07, 6.45) is 2.20. The van der Waals surface area contributed by atoms with Gasteiger partial charge in [0.15, 0.2) is 0 Å². The molecule has 0 bridgehead atoms. The van der Waals surface area contributed by atoms with E-state index >= 15 is 0 Å². The second kappa shape index (κ2) is 8.07. The third-order valence-corrected chi connectivity index (χ3v) is 7.06. The molecular formula is C18H23N3O4S2. The zero-order valence-electron chi connectivity index (χ0n) is 14.8. The van der Waals surface area contributed by atoms with E-state index in [2.05, 4.69) is 9.62 Å². The average Bonchev–Trinajstić information content (AvgIpc) is 3.16.